The van der Waals surface area contributed by atoms with E-state index in [4.69, 9.17) is 0 Å². The van der Waals surface area contributed by atoms with E-state index in [0.29, 0.717) is 11.2 Å². The van der Waals surface area contributed by atoms with E-state index in [1.807, 2.05) is 55.4 Å². The van der Waals surface area contributed by atoms with Gasteiger partial charge in [0.1, 0.15) is 5.78 Å². The van der Waals surface area contributed by atoms with Crippen LogP contribution in [0.3, 0.4) is 0 Å². The van der Waals surface area contributed by atoms with Crippen molar-refractivity contribution in [3.05, 3.63) is 0 Å². The van der Waals surface area contributed by atoms with E-state index in [-0.39, 0.29) is 22.3 Å². The molecule has 11 rings (SSSR count). The Labute approximate surface area is 485 Å². The first-order chi connectivity index (χ1) is 35.3. The highest BCUT2D eigenvalue weighted by Crippen LogP contribution is 2.60. The largest absolute Gasteiger partial charge is 0.306 e. The fraction of sp³-hybridized carbons (Fsp3) is 0.986. The monoisotopic (exact) mass is 1070 g/mol. The minimum absolute atomic E-state index is 0. The third-order valence-electron chi connectivity index (χ3n) is 21.1. The van der Waals surface area contributed by atoms with Crippen LogP contribution in [0.1, 0.15) is 364 Å². The van der Waals surface area contributed by atoms with Crippen LogP contribution in [0.15, 0.2) is 0 Å². The van der Waals surface area contributed by atoms with E-state index in [1.165, 1.54) is 231 Å². The number of nitrogens with zero attached hydrogens (tertiary/aromatic N) is 1. The van der Waals surface area contributed by atoms with Gasteiger partial charge < -0.3 is 4.90 Å². The summed E-state index contributed by atoms with van der Waals surface area (Å²) in [4.78, 5) is 14.1. The second kappa shape index (κ2) is 48.2. The molecule has 1 aliphatic heterocycles. The minimum Gasteiger partial charge on any atom is -0.306 e. The number of ketones is 1. The summed E-state index contributed by atoms with van der Waals surface area (Å²) in [6, 6.07) is 0. The Hall–Kier alpha value is -0.370. The molecule has 2 bridgehead atoms. The lowest BCUT2D eigenvalue weighted by Crippen LogP contribution is -2.45. The number of rotatable bonds is 0. The molecule has 460 valence electrons. The number of piperidine rings is 1. The molecule has 1 saturated heterocycles. The van der Waals surface area contributed by atoms with Crippen molar-refractivity contribution < 1.29 is 4.79 Å². The summed E-state index contributed by atoms with van der Waals surface area (Å²) < 4.78 is 0. The number of Topliss-reactive ketones (excluding diaryl/α,β-unsaturated/α-hetero) is 1. The second-order valence-corrected chi connectivity index (χ2v) is 26.7. The highest BCUT2D eigenvalue weighted by atomic mass is 16.1. The van der Waals surface area contributed by atoms with E-state index >= 15 is 0 Å². The van der Waals surface area contributed by atoms with Gasteiger partial charge in [0.15, 0.2) is 0 Å². The molecule has 10 atom stereocenters. The van der Waals surface area contributed by atoms with E-state index < -0.39 is 0 Å². The third kappa shape index (κ3) is 30.1. The smallest absolute Gasteiger partial charge is 0.133 e. The van der Waals surface area contributed by atoms with Crippen LogP contribution < -0.4 is 0 Å². The maximum absolute atomic E-state index is 11.7. The van der Waals surface area contributed by atoms with Gasteiger partial charge in [-0.3, -0.25) is 4.79 Å². The van der Waals surface area contributed by atoms with E-state index in [1.54, 1.807) is 0 Å². The molecule has 76 heavy (non-hydrogen) atoms. The van der Waals surface area contributed by atoms with Crippen LogP contribution >= 0.6 is 0 Å². The summed E-state index contributed by atoms with van der Waals surface area (Å²) in [5.74, 6) is 14.6. The molecule has 2 heteroatoms. The van der Waals surface area contributed by atoms with Gasteiger partial charge in [0, 0.05) is 12.8 Å². The summed E-state index contributed by atoms with van der Waals surface area (Å²) in [5.41, 5.74) is 0.694. The molecule has 10 saturated carbocycles. The van der Waals surface area contributed by atoms with Crippen molar-refractivity contribution in [1.82, 2.24) is 4.90 Å². The van der Waals surface area contributed by atoms with E-state index in [2.05, 4.69) is 67.3 Å². The summed E-state index contributed by atoms with van der Waals surface area (Å²) in [6.07, 6.45) is 52.0. The van der Waals surface area contributed by atoms with Crippen LogP contribution in [0.2, 0.25) is 0 Å². The van der Waals surface area contributed by atoms with Crippen molar-refractivity contribution in [3.63, 3.8) is 0 Å². The SMILES string of the molecule is C.C.C.C1CCCCCCC1.CC.CC.CC.CC.CC1CC2CCC1C2(C)C.CC1CCC2C1CCC1C3CCC(=O)CC3CCC21.CC1CCCC1.CC1CCCCC1.CC1CCCCC1.CC1CCN(C)CC1. The lowest BCUT2D eigenvalue weighted by Gasteiger charge is -2.52. The average molecular weight is 1070 g/mol. The Bertz CT molecular complexity index is 1180. The Morgan fingerprint density at radius 3 is 1.04 bits per heavy atom. The van der Waals surface area contributed by atoms with Gasteiger partial charge in [-0.1, -0.05) is 281 Å². The zero-order valence-corrected chi connectivity index (χ0v) is 53.8. The molecular weight excluding hydrogens is 919 g/mol. The first-order valence-electron chi connectivity index (χ1n) is 34.5. The Balaban J connectivity index is -0.000000825. The Morgan fingerprint density at radius 1 is 0.368 bits per heavy atom. The summed E-state index contributed by atoms with van der Waals surface area (Å²) >= 11 is 0. The molecule has 11 aliphatic rings. The van der Waals surface area contributed by atoms with E-state index in [9.17, 15) is 4.79 Å². The van der Waals surface area contributed by atoms with Gasteiger partial charge in [-0.25, -0.2) is 0 Å². The highest BCUT2D eigenvalue weighted by molar-refractivity contribution is 5.79. The molecule has 1 heterocycles. The zero-order valence-electron chi connectivity index (χ0n) is 53.8. The van der Waals surface area contributed by atoms with Crippen LogP contribution in [0.5, 0.6) is 0 Å². The topological polar surface area (TPSA) is 20.3 Å². The van der Waals surface area contributed by atoms with Crippen LogP contribution in [0.25, 0.3) is 0 Å². The minimum atomic E-state index is 0. The standard InChI is InChI=1S/C18H28O.C10H18.C8H16.C7H15N.2C7H14.C6H12.4C2H6.3CH4/c1-11-2-5-16-14(11)8-9-17-15-7-4-13(19)10-12(15)3-6-18(16)17;1-7-6-8-4-5-9(7)10(8,2)3;1-2-4-6-8-7-5-3-1;1-7-3-5-8(2)6-4-7;2*1-7-5-3-2-4-6-7;1-6-4-2-3-5-6;4*1-2;;;/h11-12,14-18H,2-10H2,1H3;7-9H,4-6H2,1-3H3;1-8H2;7H,3-6H2,1-2H3;2*7H,2-6H2,1H3;6H,2-5H2,1H3;4*1-2H3;3*1H4. The fourth-order valence-electron chi connectivity index (χ4n) is 16.4. The van der Waals surface area contributed by atoms with Gasteiger partial charge in [0.2, 0.25) is 0 Å². The van der Waals surface area contributed by atoms with Crippen molar-refractivity contribution in [1.29, 1.82) is 0 Å². The van der Waals surface area contributed by atoms with Gasteiger partial charge in [0.05, 0.1) is 0 Å². The van der Waals surface area contributed by atoms with Crippen LogP contribution in [-0.2, 0) is 4.79 Å². The maximum atomic E-state index is 11.7. The summed E-state index contributed by atoms with van der Waals surface area (Å²) in [7, 11) is 2.20. The second-order valence-electron chi connectivity index (χ2n) is 26.7. The lowest BCUT2D eigenvalue weighted by molar-refractivity contribution is -0.126. The molecule has 0 aromatic heterocycles. The number of fused-ring (bicyclic) bond motifs is 7. The Kier molecular flexibility index (Phi) is 50.6. The van der Waals surface area contributed by atoms with Crippen molar-refractivity contribution in [3.8, 4) is 0 Å². The van der Waals surface area contributed by atoms with Gasteiger partial charge in [0.25, 0.3) is 0 Å². The van der Waals surface area contributed by atoms with Crippen molar-refractivity contribution >= 4 is 5.78 Å². The molecule has 0 aromatic carbocycles. The third-order valence-corrected chi connectivity index (χ3v) is 21.1. The van der Waals surface area contributed by atoms with Gasteiger partial charge in [-0.2, -0.15) is 0 Å². The highest BCUT2D eigenvalue weighted by Gasteiger charge is 2.52. The number of carbonyl (C=O) groups is 1. The number of likely N-dealkylation sites (tertiary alicyclic amines) is 1. The molecule has 0 spiro atoms. The molecule has 0 radical (unpaired) electrons. The molecule has 0 aromatic rings. The van der Waals surface area contributed by atoms with Crippen LogP contribution in [-0.4, -0.2) is 30.8 Å². The first kappa shape index (κ1) is 79.9. The summed E-state index contributed by atoms with van der Waals surface area (Å²) in [5, 5.41) is 0. The number of hydrogen-bond acceptors (Lipinski definition) is 2. The Morgan fingerprint density at radius 2 is 0.711 bits per heavy atom. The molecule has 0 N–H and O–H groups in total. The predicted molar refractivity (Wildman–Crippen MR) is 351 cm³/mol. The first-order valence-corrected chi connectivity index (χ1v) is 34.5. The molecule has 10 aliphatic carbocycles. The van der Waals surface area contributed by atoms with Crippen molar-refractivity contribution in [2.24, 2.45) is 88.3 Å². The molecule has 10 unspecified atom stereocenters. The average Bonchev–Trinajstić information content (AvgIpc) is 4.17. The lowest BCUT2D eigenvalue weighted by atomic mass is 9.53. The molecule has 0 amide bonds. The predicted octanol–water partition coefficient (Wildman–Crippen LogP) is 25.4. The molecule has 11 fully saturated rings. The summed E-state index contributed by atoms with van der Waals surface area (Å²) in [6.45, 7) is 37.9. The van der Waals surface area contributed by atoms with Crippen molar-refractivity contribution in [2.75, 3.05) is 20.1 Å². The molecule has 2 nitrogen and oxygen atoms in total. The number of hydrogen-bond donors (Lipinski definition) is 0. The number of carbonyl (C=O) groups excluding carboxylic acids is 1. The van der Waals surface area contributed by atoms with Crippen LogP contribution in [0, 0.1) is 88.3 Å². The van der Waals surface area contributed by atoms with E-state index in [0.717, 1.165) is 95.7 Å². The van der Waals surface area contributed by atoms with Gasteiger partial charge in [-0.05, 0) is 179 Å². The fourth-order valence-corrected chi connectivity index (χ4v) is 16.4. The molecular formula is C74H153NO. The van der Waals surface area contributed by atoms with Gasteiger partial charge in [-0.15, -0.1) is 0 Å². The normalized spacial score (nSPS) is 32.2. The van der Waals surface area contributed by atoms with Gasteiger partial charge >= 0.3 is 0 Å². The zero-order chi connectivity index (χ0) is 54.6. The maximum Gasteiger partial charge on any atom is 0.133 e. The van der Waals surface area contributed by atoms with Crippen molar-refractivity contribution in [2.45, 2.75) is 364 Å². The quantitative estimate of drug-likeness (QED) is 0.241. The van der Waals surface area contributed by atoms with Crippen LogP contribution in [0.4, 0.5) is 0 Å².